The van der Waals surface area contributed by atoms with Gasteiger partial charge in [0.05, 0.1) is 22.9 Å². The number of hydrogen-bond donors (Lipinski definition) is 1. The highest BCUT2D eigenvalue weighted by Gasteiger charge is 2.28. The van der Waals surface area contributed by atoms with Crippen LogP contribution in [0.5, 0.6) is 0 Å². The number of nitrogens with zero attached hydrogens (tertiary/aromatic N) is 3. The minimum Gasteiger partial charge on any atom is -0.381 e. The lowest BCUT2D eigenvalue weighted by molar-refractivity contribution is 0.0981. The van der Waals surface area contributed by atoms with Crippen molar-refractivity contribution in [2.24, 2.45) is 10.9 Å². The normalized spacial score (nSPS) is 16.4. The number of carbonyl (C=O) groups excluding carboxylic acids is 2. The molecule has 1 unspecified atom stereocenters. The summed E-state index contributed by atoms with van der Waals surface area (Å²) < 4.78 is 19.7. The summed E-state index contributed by atoms with van der Waals surface area (Å²) in [4.78, 5) is 39.0. The zero-order valence-corrected chi connectivity index (χ0v) is 22.7. The molecule has 6 rings (SSSR count). The number of aliphatic imine (C=N–C) groups is 1. The van der Waals surface area contributed by atoms with Crippen LogP contribution in [0.25, 0.3) is 10.4 Å². The van der Waals surface area contributed by atoms with Crippen LogP contribution < -0.4 is 10.2 Å². The number of thiophene rings is 1. The van der Waals surface area contributed by atoms with Gasteiger partial charge in [0.2, 0.25) is 0 Å². The monoisotopic (exact) mass is 554 g/mol. The number of pyridine rings is 1. The first kappa shape index (κ1) is 26.0. The number of rotatable bonds is 5. The van der Waals surface area contributed by atoms with Gasteiger partial charge in [-0.25, -0.2) is 14.4 Å². The smallest absolute Gasteiger partial charge is 0.276 e. The molecule has 0 bridgehead atoms. The highest BCUT2D eigenvalue weighted by Crippen LogP contribution is 2.42. The first-order valence-electron chi connectivity index (χ1n) is 13.2. The van der Waals surface area contributed by atoms with Gasteiger partial charge in [0.15, 0.2) is 5.82 Å². The summed E-state index contributed by atoms with van der Waals surface area (Å²) in [7, 11) is 0. The van der Waals surface area contributed by atoms with Gasteiger partial charge in [0.1, 0.15) is 11.5 Å². The lowest BCUT2D eigenvalue weighted by Gasteiger charge is -2.22. The zero-order valence-electron chi connectivity index (χ0n) is 21.9. The van der Waals surface area contributed by atoms with Gasteiger partial charge in [0.25, 0.3) is 11.8 Å². The highest BCUT2D eigenvalue weighted by atomic mass is 32.1. The van der Waals surface area contributed by atoms with Gasteiger partial charge in [-0.05, 0) is 61.2 Å². The predicted molar refractivity (Wildman–Crippen MR) is 156 cm³/mol. The van der Waals surface area contributed by atoms with Crippen LogP contribution in [0.15, 0.2) is 71.7 Å². The molecule has 0 radical (unpaired) electrons. The lowest BCUT2D eigenvalue weighted by atomic mass is 10.1. The molecule has 0 aliphatic carbocycles. The number of halogens is 1. The molecule has 1 N–H and O–H groups in total. The quantitative estimate of drug-likeness (QED) is 0.287. The number of anilines is 2. The number of aryl methyl sites for hydroxylation is 1. The Labute approximate surface area is 235 Å². The van der Waals surface area contributed by atoms with Gasteiger partial charge >= 0.3 is 0 Å². The number of nitrogens with one attached hydrogen (secondary N) is 1. The molecule has 1 atom stereocenters. The molecule has 2 aromatic heterocycles. The highest BCUT2D eigenvalue weighted by molar-refractivity contribution is 7.17. The molecule has 202 valence electrons. The SMILES string of the molecule is Cc1cccc(F)c1NC(=O)c1cc2c(s1)-c1ccccc1N(C(=O)c1cccc(N=CC3CCOC3)n1)CC2. The van der Waals surface area contributed by atoms with Crippen LogP contribution in [0.1, 0.15) is 37.7 Å². The van der Waals surface area contributed by atoms with Gasteiger partial charge in [-0.2, -0.15) is 0 Å². The van der Waals surface area contributed by atoms with Crippen LogP contribution in [-0.2, 0) is 11.2 Å². The summed E-state index contributed by atoms with van der Waals surface area (Å²) in [5.41, 5.74) is 3.74. The van der Waals surface area contributed by atoms with Crippen molar-refractivity contribution in [1.29, 1.82) is 0 Å². The fourth-order valence-corrected chi connectivity index (χ4v) is 6.13. The van der Waals surface area contributed by atoms with Crippen LogP contribution in [0, 0.1) is 18.7 Å². The number of aromatic nitrogens is 1. The van der Waals surface area contributed by atoms with Crippen LogP contribution in [0.4, 0.5) is 21.6 Å². The summed E-state index contributed by atoms with van der Waals surface area (Å²) in [6, 6.07) is 19.5. The Morgan fingerprint density at radius 3 is 2.83 bits per heavy atom. The number of fused-ring (bicyclic) bond motifs is 3. The molecule has 9 heteroatoms. The second kappa shape index (κ2) is 11.1. The maximum absolute atomic E-state index is 14.3. The van der Waals surface area contributed by atoms with Gasteiger partial charge in [-0.3, -0.25) is 9.59 Å². The maximum atomic E-state index is 14.3. The Hall–Kier alpha value is -4.21. The number of para-hydroxylation sites is 2. The first-order chi connectivity index (χ1) is 19.5. The molecule has 7 nitrogen and oxygen atoms in total. The van der Waals surface area contributed by atoms with Gasteiger partial charge in [-0.15, -0.1) is 11.3 Å². The van der Waals surface area contributed by atoms with E-state index >= 15 is 0 Å². The molecule has 1 fully saturated rings. The number of hydrogen-bond acceptors (Lipinski definition) is 6. The third-order valence-corrected chi connectivity index (χ3v) is 8.33. The molecule has 0 spiro atoms. The summed E-state index contributed by atoms with van der Waals surface area (Å²) in [6.45, 7) is 3.57. The molecule has 40 heavy (non-hydrogen) atoms. The minimum absolute atomic E-state index is 0.184. The van der Waals surface area contributed by atoms with E-state index in [0.717, 1.165) is 34.7 Å². The maximum Gasteiger partial charge on any atom is 0.276 e. The van der Waals surface area contributed by atoms with Crippen molar-refractivity contribution in [2.75, 3.05) is 30.0 Å². The topological polar surface area (TPSA) is 83.9 Å². The van der Waals surface area contributed by atoms with Crippen molar-refractivity contribution < 1.29 is 18.7 Å². The molecule has 2 aliphatic rings. The zero-order chi connectivity index (χ0) is 27.6. The molecule has 2 aliphatic heterocycles. The molecule has 4 aromatic rings. The van der Waals surface area contributed by atoms with Crippen molar-refractivity contribution in [2.45, 2.75) is 19.8 Å². The number of benzene rings is 2. The molecular formula is C31H27FN4O3S. The van der Waals surface area contributed by atoms with Crippen LogP contribution in [-0.4, -0.2) is 42.8 Å². The van der Waals surface area contributed by atoms with E-state index in [1.165, 1.54) is 17.4 Å². The van der Waals surface area contributed by atoms with E-state index in [1.807, 2.05) is 36.5 Å². The van der Waals surface area contributed by atoms with E-state index in [0.29, 0.717) is 41.5 Å². The number of carbonyl (C=O) groups is 2. The molecular weight excluding hydrogens is 527 g/mol. The van der Waals surface area contributed by atoms with E-state index in [1.54, 1.807) is 42.2 Å². The Bertz CT molecular complexity index is 1610. The fourth-order valence-electron chi connectivity index (χ4n) is 4.99. The first-order valence-corrected chi connectivity index (χ1v) is 14.0. The van der Waals surface area contributed by atoms with Crippen LogP contribution in [0.2, 0.25) is 0 Å². The second-order valence-corrected chi connectivity index (χ2v) is 10.9. The largest absolute Gasteiger partial charge is 0.381 e. The minimum atomic E-state index is -0.470. The van der Waals surface area contributed by atoms with E-state index in [-0.39, 0.29) is 23.4 Å². The van der Waals surface area contributed by atoms with E-state index < -0.39 is 5.82 Å². The van der Waals surface area contributed by atoms with Crippen molar-refractivity contribution in [3.05, 3.63) is 94.2 Å². The number of amides is 2. The Kier molecular flexibility index (Phi) is 7.23. The summed E-state index contributed by atoms with van der Waals surface area (Å²) in [5, 5.41) is 2.73. The predicted octanol–water partition coefficient (Wildman–Crippen LogP) is 6.45. The van der Waals surface area contributed by atoms with Crippen LogP contribution in [0.3, 0.4) is 0 Å². The summed E-state index contributed by atoms with van der Waals surface area (Å²) in [5.74, 6) is -0.290. The van der Waals surface area contributed by atoms with Crippen molar-refractivity contribution in [3.8, 4) is 10.4 Å². The second-order valence-electron chi connectivity index (χ2n) is 9.86. The van der Waals surface area contributed by atoms with E-state index in [4.69, 9.17) is 4.74 Å². The van der Waals surface area contributed by atoms with Crippen LogP contribution >= 0.6 is 11.3 Å². The Balaban J connectivity index is 1.27. The summed E-state index contributed by atoms with van der Waals surface area (Å²) >= 11 is 1.34. The third kappa shape index (κ3) is 5.17. The standard InChI is InChI=1S/C31H27FN4O3S/c1-19-6-4-8-23(32)28(19)35-30(37)26-16-21-12-14-36(25-10-3-2-7-22(25)29(21)40-26)31(38)24-9-5-11-27(34-24)33-17-20-13-15-39-18-20/h2-11,16-17,20H,12-15,18H2,1H3,(H,35,37). The molecule has 1 saturated heterocycles. The summed E-state index contributed by atoms with van der Waals surface area (Å²) in [6.07, 6.45) is 3.34. The fraction of sp³-hybridized carbons (Fsp3) is 0.226. The Morgan fingerprint density at radius 1 is 1.15 bits per heavy atom. The average molecular weight is 555 g/mol. The lowest BCUT2D eigenvalue weighted by Crippen LogP contribution is -2.33. The number of ether oxygens (including phenoxy) is 1. The molecule has 2 amide bonds. The molecule has 0 saturated carbocycles. The van der Waals surface area contributed by atoms with Crippen molar-refractivity contribution in [1.82, 2.24) is 4.98 Å². The van der Waals surface area contributed by atoms with Crippen molar-refractivity contribution >= 4 is 46.6 Å². The molecule has 2 aromatic carbocycles. The van der Waals surface area contributed by atoms with Crippen molar-refractivity contribution in [3.63, 3.8) is 0 Å². The average Bonchev–Trinajstić information content (AvgIpc) is 3.62. The van der Waals surface area contributed by atoms with Gasteiger partial charge in [0, 0.05) is 35.7 Å². The van der Waals surface area contributed by atoms with E-state index in [2.05, 4.69) is 15.3 Å². The Morgan fingerprint density at radius 2 is 2.00 bits per heavy atom. The third-order valence-electron chi connectivity index (χ3n) is 7.12. The van der Waals surface area contributed by atoms with E-state index in [9.17, 15) is 14.0 Å². The van der Waals surface area contributed by atoms with Gasteiger partial charge < -0.3 is 15.0 Å². The molecule has 4 heterocycles. The van der Waals surface area contributed by atoms with Gasteiger partial charge in [-0.1, -0.05) is 36.4 Å².